The third-order valence-corrected chi connectivity index (χ3v) is 4.12. The predicted molar refractivity (Wildman–Crippen MR) is 75.5 cm³/mol. The molecule has 1 unspecified atom stereocenters. The minimum Gasteiger partial charge on any atom is -0.320 e. The number of halogens is 1. The van der Waals surface area contributed by atoms with Crippen LogP contribution in [-0.4, -0.2) is 0 Å². The standard InChI is InChI=1S/C17H18FN/c18-16-11-4-3-10-15(16)17(19)14-9-2-1-8-13(14)12-6-5-7-12/h1-4,8-12,17H,5-7,19H2. The quantitative estimate of drug-likeness (QED) is 0.876. The molecule has 2 N–H and O–H groups in total. The molecule has 2 aromatic carbocycles. The second-order valence-corrected chi connectivity index (χ2v) is 5.26. The second-order valence-electron chi connectivity index (χ2n) is 5.26. The molecule has 1 saturated carbocycles. The van der Waals surface area contributed by atoms with Gasteiger partial charge < -0.3 is 5.73 Å². The van der Waals surface area contributed by atoms with Gasteiger partial charge in [0.05, 0.1) is 6.04 Å². The van der Waals surface area contributed by atoms with E-state index in [1.807, 2.05) is 24.3 Å². The summed E-state index contributed by atoms with van der Waals surface area (Å²) in [5, 5.41) is 0. The van der Waals surface area contributed by atoms with Crippen LogP contribution in [0.25, 0.3) is 0 Å². The number of rotatable bonds is 3. The maximum absolute atomic E-state index is 13.9. The summed E-state index contributed by atoms with van der Waals surface area (Å²) in [7, 11) is 0. The largest absolute Gasteiger partial charge is 0.320 e. The Labute approximate surface area is 113 Å². The van der Waals surface area contributed by atoms with E-state index in [-0.39, 0.29) is 11.9 Å². The van der Waals surface area contributed by atoms with E-state index in [0.29, 0.717) is 11.5 Å². The summed E-state index contributed by atoms with van der Waals surface area (Å²) in [5.41, 5.74) is 9.24. The number of benzene rings is 2. The van der Waals surface area contributed by atoms with Crippen molar-refractivity contribution in [1.29, 1.82) is 0 Å². The van der Waals surface area contributed by atoms with Gasteiger partial charge in [-0.15, -0.1) is 0 Å². The fourth-order valence-electron chi connectivity index (χ4n) is 2.78. The van der Waals surface area contributed by atoms with E-state index in [2.05, 4.69) is 6.07 Å². The minimum atomic E-state index is -0.377. The van der Waals surface area contributed by atoms with Crippen LogP contribution in [0.1, 0.15) is 47.9 Å². The van der Waals surface area contributed by atoms with Gasteiger partial charge in [-0.1, -0.05) is 48.9 Å². The van der Waals surface area contributed by atoms with Crippen LogP contribution in [0.4, 0.5) is 4.39 Å². The average molecular weight is 255 g/mol. The number of hydrogen-bond donors (Lipinski definition) is 1. The molecule has 1 aliphatic rings. The van der Waals surface area contributed by atoms with E-state index in [4.69, 9.17) is 5.73 Å². The molecule has 19 heavy (non-hydrogen) atoms. The lowest BCUT2D eigenvalue weighted by Crippen LogP contribution is -2.19. The fourth-order valence-corrected chi connectivity index (χ4v) is 2.78. The average Bonchev–Trinajstić information content (AvgIpc) is 2.37. The molecule has 0 amide bonds. The highest BCUT2D eigenvalue weighted by molar-refractivity contribution is 5.40. The molecular formula is C17H18FN. The Morgan fingerprint density at radius 3 is 2.21 bits per heavy atom. The molecule has 0 bridgehead atoms. The van der Waals surface area contributed by atoms with Gasteiger partial charge in [-0.3, -0.25) is 0 Å². The fraction of sp³-hybridized carbons (Fsp3) is 0.294. The highest BCUT2D eigenvalue weighted by Gasteiger charge is 2.24. The summed E-state index contributed by atoms with van der Waals surface area (Å²) in [5.74, 6) is 0.382. The van der Waals surface area contributed by atoms with Gasteiger partial charge in [0.25, 0.3) is 0 Å². The van der Waals surface area contributed by atoms with Gasteiger partial charge >= 0.3 is 0 Å². The Balaban J connectivity index is 2.00. The first-order valence-electron chi connectivity index (χ1n) is 6.86. The van der Waals surface area contributed by atoms with Crippen molar-refractivity contribution in [2.24, 2.45) is 5.73 Å². The maximum Gasteiger partial charge on any atom is 0.128 e. The van der Waals surface area contributed by atoms with Gasteiger partial charge in [0.2, 0.25) is 0 Å². The van der Waals surface area contributed by atoms with Crippen molar-refractivity contribution in [3.63, 3.8) is 0 Å². The van der Waals surface area contributed by atoms with Crippen molar-refractivity contribution in [2.75, 3.05) is 0 Å². The van der Waals surface area contributed by atoms with Crippen LogP contribution in [0.2, 0.25) is 0 Å². The van der Waals surface area contributed by atoms with Crippen molar-refractivity contribution in [1.82, 2.24) is 0 Å². The Morgan fingerprint density at radius 2 is 1.58 bits per heavy atom. The SMILES string of the molecule is NC(c1ccccc1F)c1ccccc1C1CCC1. The molecule has 3 rings (SSSR count). The van der Waals surface area contributed by atoms with Gasteiger partial charge in [-0.05, 0) is 36.0 Å². The highest BCUT2D eigenvalue weighted by Crippen LogP contribution is 2.40. The first-order valence-corrected chi connectivity index (χ1v) is 6.86. The van der Waals surface area contributed by atoms with Crippen molar-refractivity contribution >= 4 is 0 Å². The molecule has 2 aromatic rings. The van der Waals surface area contributed by atoms with Crippen LogP contribution < -0.4 is 5.73 Å². The molecule has 1 nitrogen and oxygen atoms in total. The van der Waals surface area contributed by atoms with E-state index in [1.165, 1.54) is 30.9 Å². The monoisotopic (exact) mass is 255 g/mol. The Morgan fingerprint density at radius 1 is 0.947 bits per heavy atom. The van der Waals surface area contributed by atoms with Crippen LogP contribution >= 0.6 is 0 Å². The van der Waals surface area contributed by atoms with Gasteiger partial charge in [0, 0.05) is 5.56 Å². The Hall–Kier alpha value is -1.67. The lowest BCUT2D eigenvalue weighted by molar-refractivity contribution is 0.416. The summed E-state index contributed by atoms with van der Waals surface area (Å²) in [6.45, 7) is 0. The van der Waals surface area contributed by atoms with Crippen molar-refractivity contribution < 1.29 is 4.39 Å². The van der Waals surface area contributed by atoms with Gasteiger partial charge in [0.1, 0.15) is 5.82 Å². The lowest BCUT2D eigenvalue weighted by Gasteiger charge is -2.29. The predicted octanol–water partition coefficient (Wildman–Crippen LogP) is 4.14. The summed E-state index contributed by atoms with van der Waals surface area (Å²) in [4.78, 5) is 0. The molecule has 1 atom stereocenters. The summed E-state index contributed by atoms with van der Waals surface area (Å²) >= 11 is 0. The first kappa shape index (κ1) is 12.4. The number of hydrogen-bond acceptors (Lipinski definition) is 1. The van der Waals surface area contributed by atoms with E-state index in [0.717, 1.165) is 5.56 Å². The van der Waals surface area contributed by atoms with Crippen LogP contribution in [0.5, 0.6) is 0 Å². The normalized spacial score (nSPS) is 16.9. The third-order valence-electron chi connectivity index (χ3n) is 4.12. The minimum absolute atomic E-state index is 0.224. The zero-order valence-corrected chi connectivity index (χ0v) is 10.9. The molecule has 1 aliphatic carbocycles. The molecule has 0 heterocycles. The zero-order valence-electron chi connectivity index (χ0n) is 10.9. The van der Waals surface area contributed by atoms with Crippen molar-refractivity contribution in [3.8, 4) is 0 Å². The second kappa shape index (κ2) is 5.14. The first-order chi connectivity index (χ1) is 9.27. The summed E-state index contributed by atoms with van der Waals surface area (Å²) < 4.78 is 13.9. The lowest BCUT2D eigenvalue weighted by atomic mass is 9.76. The van der Waals surface area contributed by atoms with Crippen LogP contribution in [0.15, 0.2) is 48.5 Å². The highest BCUT2D eigenvalue weighted by atomic mass is 19.1. The Bertz CT molecular complexity index is 575. The van der Waals surface area contributed by atoms with Crippen molar-refractivity contribution in [3.05, 3.63) is 71.0 Å². The van der Waals surface area contributed by atoms with E-state index >= 15 is 0 Å². The van der Waals surface area contributed by atoms with Gasteiger partial charge in [-0.25, -0.2) is 4.39 Å². The van der Waals surface area contributed by atoms with E-state index < -0.39 is 0 Å². The maximum atomic E-state index is 13.9. The van der Waals surface area contributed by atoms with Crippen LogP contribution in [-0.2, 0) is 0 Å². The van der Waals surface area contributed by atoms with E-state index in [9.17, 15) is 4.39 Å². The zero-order chi connectivity index (χ0) is 13.2. The molecule has 0 aliphatic heterocycles. The topological polar surface area (TPSA) is 26.0 Å². The summed E-state index contributed by atoms with van der Waals surface area (Å²) in [6.07, 6.45) is 3.73. The molecule has 98 valence electrons. The molecule has 1 fully saturated rings. The molecule has 2 heteroatoms. The third kappa shape index (κ3) is 2.28. The summed E-state index contributed by atoms with van der Waals surface area (Å²) in [6, 6.07) is 14.6. The molecule has 0 aromatic heterocycles. The Kier molecular flexibility index (Phi) is 3.34. The molecule has 0 saturated heterocycles. The van der Waals surface area contributed by atoms with Crippen LogP contribution in [0.3, 0.4) is 0 Å². The molecule has 0 spiro atoms. The number of nitrogens with two attached hydrogens (primary N) is 1. The van der Waals surface area contributed by atoms with Crippen LogP contribution in [0, 0.1) is 5.82 Å². The molecular weight excluding hydrogens is 237 g/mol. The molecule has 0 radical (unpaired) electrons. The smallest absolute Gasteiger partial charge is 0.128 e. The van der Waals surface area contributed by atoms with Gasteiger partial charge in [0.15, 0.2) is 0 Å². The van der Waals surface area contributed by atoms with E-state index in [1.54, 1.807) is 12.1 Å². The van der Waals surface area contributed by atoms with Crippen molar-refractivity contribution in [2.45, 2.75) is 31.2 Å². The van der Waals surface area contributed by atoms with Gasteiger partial charge in [-0.2, -0.15) is 0 Å².